The summed E-state index contributed by atoms with van der Waals surface area (Å²) in [5, 5.41) is 20.8. The average molecular weight is 1620 g/mol. The lowest BCUT2D eigenvalue weighted by molar-refractivity contribution is -0.117. The van der Waals surface area contributed by atoms with E-state index in [0.717, 1.165) is 91.0 Å². The Balaban J connectivity index is 0.000000148. The van der Waals surface area contributed by atoms with Crippen molar-refractivity contribution in [2.45, 2.75) is 129 Å². The number of sulfone groups is 1. The molecule has 5 aromatic heterocycles. The quantitative estimate of drug-likeness (QED) is 0.0335. The summed E-state index contributed by atoms with van der Waals surface area (Å²) in [6.45, 7) is 8.76. The van der Waals surface area contributed by atoms with E-state index in [9.17, 15) is 44.4 Å². The molecule has 2 saturated heterocycles. The van der Waals surface area contributed by atoms with Crippen LogP contribution in [0.1, 0.15) is 130 Å². The number of benzene rings is 6. The number of aromatic nitrogens is 4. The van der Waals surface area contributed by atoms with Gasteiger partial charge in [0.25, 0.3) is 28.8 Å². The summed E-state index contributed by atoms with van der Waals surface area (Å²) < 4.78 is 114. The fourth-order valence-electron chi connectivity index (χ4n) is 12.2. The normalized spacial score (nSPS) is 14.0. The van der Waals surface area contributed by atoms with E-state index in [1.54, 1.807) is 122 Å². The molecule has 588 valence electrons. The van der Waals surface area contributed by atoms with Crippen LogP contribution in [0.15, 0.2) is 243 Å². The maximum absolute atomic E-state index is 13.1. The Labute approximate surface area is 660 Å². The number of furan rings is 3. The Kier molecular flexibility index (Phi) is 29.1. The summed E-state index contributed by atoms with van der Waals surface area (Å²) in [6.07, 6.45) is 13.9. The van der Waals surface area contributed by atoms with Gasteiger partial charge >= 0.3 is 0 Å². The minimum Gasteiger partial charge on any atom is -0.495 e. The van der Waals surface area contributed by atoms with Gasteiger partial charge in [-0.25, -0.2) is 25.3 Å². The molecule has 0 aliphatic carbocycles. The van der Waals surface area contributed by atoms with E-state index in [1.807, 2.05) is 90.7 Å². The van der Waals surface area contributed by atoms with Gasteiger partial charge in [-0.1, -0.05) is 111 Å². The van der Waals surface area contributed by atoms with Crippen LogP contribution in [-0.4, -0.2) is 129 Å². The van der Waals surface area contributed by atoms with Gasteiger partial charge in [0, 0.05) is 72.8 Å². The van der Waals surface area contributed by atoms with Gasteiger partial charge in [0.15, 0.2) is 33.7 Å². The molecule has 0 spiro atoms. The highest BCUT2D eigenvalue weighted by atomic mass is 32.2. The Morgan fingerprint density at radius 2 is 1.21 bits per heavy atom. The lowest BCUT2D eigenvalue weighted by atomic mass is 10.2. The van der Waals surface area contributed by atoms with Crippen LogP contribution >= 0.6 is 23.5 Å². The van der Waals surface area contributed by atoms with Crippen LogP contribution in [0.5, 0.6) is 11.5 Å². The minimum absolute atomic E-state index is 0.00582. The third-order valence-electron chi connectivity index (χ3n) is 18.2. The molecule has 2 fully saturated rings. The predicted octanol–water partition coefficient (Wildman–Crippen LogP) is 15.4. The smallest absolute Gasteiger partial charge is 0.291 e. The number of hydrogen-bond donors (Lipinski definition) is 3. The third-order valence-corrected chi connectivity index (χ3v) is 25.8. The Bertz CT molecular complexity index is 5310. The zero-order valence-corrected chi connectivity index (χ0v) is 66.5. The van der Waals surface area contributed by atoms with Crippen LogP contribution in [0.25, 0.3) is 0 Å². The van der Waals surface area contributed by atoms with Crippen molar-refractivity contribution in [2.24, 2.45) is 0 Å². The molecule has 0 bridgehead atoms. The number of amides is 4. The van der Waals surface area contributed by atoms with Gasteiger partial charge in [0.2, 0.25) is 26.0 Å². The topological polar surface area (TPSA) is 331 Å². The Morgan fingerprint density at radius 3 is 1.88 bits per heavy atom. The second kappa shape index (κ2) is 39.6. The molecule has 14 rings (SSSR count). The lowest BCUT2D eigenvalue weighted by Crippen LogP contribution is -2.32. The first-order chi connectivity index (χ1) is 54.1. The van der Waals surface area contributed by atoms with Crippen LogP contribution < -0.4 is 30.3 Å². The Hall–Kier alpha value is -10.5. The van der Waals surface area contributed by atoms with Crippen molar-refractivity contribution in [1.82, 2.24) is 28.6 Å². The number of methoxy groups -OCH3 is 1. The van der Waals surface area contributed by atoms with Gasteiger partial charge in [-0.15, -0.1) is 22.0 Å². The van der Waals surface area contributed by atoms with Crippen molar-refractivity contribution in [3.63, 3.8) is 0 Å². The van der Waals surface area contributed by atoms with Crippen LogP contribution in [0.4, 0.5) is 22.7 Å². The van der Waals surface area contributed by atoms with Gasteiger partial charge in [-0.2, -0.15) is 13.7 Å². The van der Waals surface area contributed by atoms with Gasteiger partial charge < -0.3 is 48.0 Å². The van der Waals surface area contributed by atoms with Crippen molar-refractivity contribution in [3.05, 3.63) is 252 Å². The molecule has 3 aliphatic rings. The highest BCUT2D eigenvalue weighted by Crippen LogP contribution is 2.34. The summed E-state index contributed by atoms with van der Waals surface area (Å²) in [5.74, 6) is 3.60. The summed E-state index contributed by atoms with van der Waals surface area (Å²) in [7, 11) is -9.10. The number of anilines is 4. The number of rotatable bonds is 26. The summed E-state index contributed by atoms with van der Waals surface area (Å²) >= 11 is 3.12. The minimum atomic E-state index is -3.66. The number of carbonyl (C=O) groups is 4. The van der Waals surface area contributed by atoms with E-state index in [1.165, 1.54) is 58.0 Å². The zero-order chi connectivity index (χ0) is 79.0. The van der Waals surface area contributed by atoms with E-state index in [4.69, 9.17) is 27.1 Å². The highest BCUT2D eigenvalue weighted by molar-refractivity contribution is 7.99. The number of sulfonamides is 2. The molecule has 8 heterocycles. The van der Waals surface area contributed by atoms with Crippen molar-refractivity contribution >= 4 is 99.8 Å². The first kappa shape index (κ1) is 82.4. The second-order valence-corrected chi connectivity index (χ2v) is 34.4. The second-order valence-electron chi connectivity index (χ2n) is 26.2. The number of carbonyl (C=O) groups excluding carboxylic acids is 4. The van der Waals surface area contributed by atoms with Crippen molar-refractivity contribution in [3.8, 4) is 11.5 Å². The number of para-hydroxylation sites is 2. The molecule has 0 saturated carbocycles. The van der Waals surface area contributed by atoms with Gasteiger partial charge in [0.1, 0.15) is 23.0 Å². The van der Waals surface area contributed by atoms with E-state index in [2.05, 4.69) is 31.2 Å². The fourth-order valence-corrected chi connectivity index (χ4v) is 18.0. The summed E-state index contributed by atoms with van der Waals surface area (Å²) in [5.41, 5.74) is 4.96. The van der Waals surface area contributed by atoms with Crippen LogP contribution in [0.3, 0.4) is 0 Å². The number of hydrogen-bond acceptors (Lipinski definition) is 21. The van der Waals surface area contributed by atoms with E-state index in [-0.39, 0.29) is 55.9 Å². The zero-order valence-electron chi connectivity index (χ0n) is 62.4. The summed E-state index contributed by atoms with van der Waals surface area (Å²) in [4.78, 5) is 52.9. The van der Waals surface area contributed by atoms with Crippen LogP contribution in [0, 0.1) is 13.8 Å². The molecule has 4 amide bonds. The summed E-state index contributed by atoms with van der Waals surface area (Å²) in [6, 6.07) is 53.0. The lowest BCUT2D eigenvalue weighted by Gasteiger charge is -2.21. The maximum atomic E-state index is 13.1. The van der Waals surface area contributed by atoms with E-state index in [0.29, 0.717) is 96.8 Å². The molecule has 0 atom stereocenters. The fraction of sp³-hybridized carbons (Fsp3) is 0.296. The number of fused-ring (bicyclic) bond motifs is 1. The van der Waals surface area contributed by atoms with Crippen molar-refractivity contribution in [1.29, 1.82) is 0 Å². The number of ether oxygens (including phenoxy) is 2. The predicted molar refractivity (Wildman–Crippen MR) is 428 cm³/mol. The largest absolute Gasteiger partial charge is 0.495 e. The monoisotopic (exact) mass is 1620 g/mol. The molecular weight excluding hydrogens is 1530 g/mol. The van der Waals surface area contributed by atoms with E-state index >= 15 is 0 Å². The standard InChI is InChI=1S/C22H26N4O5S.C21H21N3O3S.C21H21NO4S2.C17H20N2O4S/c1-30-20-10-8-18(32(28,29)26-13-4-2-3-5-14-26)15-19(20)24-22(27)21-9-7-17(31-21)16-25-12-6-11-23-25;1-15-7-2-5-10-18(15)26-14-19-22-23-21(27-19)28-12-6-11-24-17-9-4-3-8-16(17)13-20(24)25;1-3-28(24,25)20-13-16(10-9-15(20)2)22-21(23)19-12-11-17(26-19)14-27-18-7-5-4-6-8-18;20-17(16-9-6-12-23-16)18-14-7-5-8-15(13-14)24(21,22)19-10-3-1-2-4-11-19/h6-12,15H,2-5,13-14,16H2,1H3,(H,24,27);2-5,7-10H,6,11-14H2,1H3;4-13H,3,14H2,1-2H3,(H,22,23);5-9,12-13H,1-4,10-11H2,(H,18,20). The molecule has 112 heavy (non-hydrogen) atoms. The van der Waals surface area contributed by atoms with E-state index < -0.39 is 47.6 Å². The van der Waals surface area contributed by atoms with Gasteiger partial charge in [0.05, 0.1) is 58.2 Å². The van der Waals surface area contributed by atoms with Gasteiger partial charge in [-0.3, -0.25) is 23.9 Å². The average Bonchev–Trinajstić information content (AvgIpc) is 1.76. The molecule has 31 heteroatoms. The Morgan fingerprint density at radius 1 is 0.571 bits per heavy atom. The van der Waals surface area contributed by atoms with Crippen LogP contribution in [-0.2, 0) is 60.0 Å². The number of thioether (sulfide) groups is 2. The number of nitrogens with one attached hydrogen (secondary N) is 3. The molecule has 26 nitrogen and oxygen atoms in total. The highest BCUT2D eigenvalue weighted by Gasteiger charge is 2.30. The van der Waals surface area contributed by atoms with Crippen molar-refractivity contribution < 1.29 is 71.6 Å². The number of aryl methyl sites for hydroxylation is 2. The van der Waals surface area contributed by atoms with Gasteiger partial charge in [-0.05, 0) is 178 Å². The SMILES string of the molecule is CCS(=O)(=O)c1cc(NC(=O)c2ccc(CSc3ccccc3)o2)ccc1C.COc1ccc(S(=O)(=O)N2CCCCCC2)cc1NC(=O)c1ccc(Cn2cccn2)o1.Cc1ccccc1OCc1nnc(SCCCN2C(=O)Cc3ccccc32)o1.O=C(Nc1cccc(S(=O)(=O)N2CCCCCC2)c1)c1ccco1. The maximum Gasteiger partial charge on any atom is 0.291 e. The third kappa shape index (κ3) is 22.6. The van der Waals surface area contributed by atoms with Crippen molar-refractivity contribution in [2.75, 3.05) is 72.2 Å². The molecular formula is C81H88N10O16S5. The first-order valence-corrected chi connectivity index (χ1v) is 43.1. The first-order valence-electron chi connectivity index (χ1n) is 36.6. The molecule has 0 radical (unpaired) electrons. The molecule has 6 aromatic carbocycles. The number of nitrogens with zero attached hydrogens (tertiary/aromatic N) is 7. The molecule has 11 aromatic rings. The molecule has 3 aliphatic heterocycles. The molecule has 0 unspecified atom stereocenters. The van der Waals surface area contributed by atoms with Crippen LogP contribution in [0.2, 0.25) is 0 Å². The molecule has 3 N–H and O–H groups in total.